The highest BCUT2D eigenvalue weighted by Crippen LogP contribution is 2.18. The lowest BCUT2D eigenvalue weighted by Gasteiger charge is -2.00. The van der Waals surface area contributed by atoms with Gasteiger partial charge in [-0.05, 0) is 18.1 Å². The molecule has 8 heteroatoms. The van der Waals surface area contributed by atoms with Crippen molar-refractivity contribution in [1.82, 2.24) is 30.1 Å². The molecule has 0 aliphatic carbocycles. The summed E-state index contributed by atoms with van der Waals surface area (Å²) in [5.74, 6) is 0.938. The van der Waals surface area contributed by atoms with Crippen molar-refractivity contribution in [2.45, 2.75) is 26.4 Å². The van der Waals surface area contributed by atoms with Gasteiger partial charge in [0.05, 0.1) is 11.9 Å². The van der Waals surface area contributed by atoms with E-state index in [1.54, 1.807) is 17.1 Å². The Labute approximate surface area is 121 Å². The molecule has 3 aromatic rings. The Morgan fingerprint density at radius 1 is 1.38 bits per heavy atom. The molecule has 0 saturated carbocycles. The second-order valence-electron chi connectivity index (χ2n) is 4.49. The van der Waals surface area contributed by atoms with Gasteiger partial charge in [0.1, 0.15) is 12.2 Å². The fourth-order valence-corrected chi connectivity index (χ4v) is 1.99. The maximum Gasteiger partial charge on any atom is 0.248 e. The number of nitrogens with two attached hydrogens (primary N) is 1. The van der Waals surface area contributed by atoms with Gasteiger partial charge in [-0.25, -0.2) is 4.68 Å². The summed E-state index contributed by atoms with van der Waals surface area (Å²) in [6.45, 7) is 2.77. The minimum atomic E-state index is 0.350. The molecular formula is C13H15N7O. The largest absolute Gasteiger partial charge is 0.337 e. The predicted octanol–water partition coefficient (Wildman–Crippen LogP) is 0.792. The average Bonchev–Trinajstić information content (AvgIpc) is 3.17. The average molecular weight is 285 g/mol. The molecule has 3 aromatic heterocycles. The summed E-state index contributed by atoms with van der Waals surface area (Å²) in [5, 5.41) is 11.8. The standard InChI is InChI=1S/C13H15N7O/c1-2-9-4-3-5-15-12(9)13-16-11(21-18-13)8-20-7-10(6-14)17-19-20/h3-5,7H,2,6,8,14H2,1H3. The van der Waals surface area contributed by atoms with E-state index in [0.29, 0.717) is 30.5 Å². The number of hydrogen-bond donors (Lipinski definition) is 1. The van der Waals surface area contributed by atoms with Crippen LogP contribution in [0.4, 0.5) is 0 Å². The Hall–Kier alpha value is -2.61. The van der Waals surface area contributed by atoms with Crippen LogP contribution in [0.25, 0.3) is 11.5 Å². The quantitative estimate of drug-likeness (QED) is 0.738. The smallest absolute Gasteiger partial charge is 0.248 e. The first-order valence-corrected chi connectivity index (χ1v) is 6.66. The number of nitrogens with zero attached hydrogens (tertiary/aromatic N) is 6. The van der Waals surface area contributed by atoms with E-state index in [9.17, 15) is 0 Å². The van der Waals surface area contributed by atoms with Crippen LogP contribution in [0.5, 0.6) is 0 Å². The van der Waals surface area contributed by atoms with Crippen LogP contribution in [0, 0.1) is 0 Å². The molecule has 0 amide bonds. The Balaban J connectivity index is 1.83. The van der Waals surface area contributed by atoms with Crippen LogP contribution in [0.3, 0.4) is 0 Å². The van der Waals surface area contributed by atoms with Crippen molar-refractivity contribution in [2.24, 2.45) is 5.73 Å². The first-order valence-electron chi connectivity index (χ1n) is 6.66. The Morgan fingerprint density at radius 3 is 3.05 bits per heavy atom. The van der Waals surface area contributed by atoms with Crippen LogP contribution in [0.15, 0.2) is 29.0 Å². The Morgan fingerprint density at radius 2 is 2.29 bits per heavy atom. The lowest BCUT2D eigenvalue weighted by atomic mass is 10.1. The van der Waals surface area contributed by atoms with Crippen molar-refractivity contribution in [3.63, 3.8) is 0 Å². The second-order valence-corrected chi connectivity index (χ2v) is 4.49. The topological polar surface area (TPSA) is 109 Å². The summed E-state index contributed by atoms with van der Waals surface area (Å²) in [4.78, 5) is 8.68. The zero-order valence-corrected chi connectivity index (χ0v) is 11.6. The van der Waals surface area contributed by atoms with E-state index >= 15 is 0 Å². The molecule has 0 unspecified atom stereocenters. The van der Waals surface area contributed by atoms with Crippen LogP contribution in [0.1, 0.15) is 24.1 Å². The highest BCUT2D eigenvalue weighted by Gasteiger charge is 2.13. The molecule has 8 nitrogen and oxygen atoms in total. The molecule has 0 spiro atoms. The van der Waals surface area contributed by atoms with Crippen LogP contribution in [-0.4, -0.2) is 30.1 Å². The Bertz CT molecular complexity index is 733. The van der Waals surface area contributed by atoms with Gasteiger partial charge in [0, 0.05) is 12.7 Å². The van der Waals surface area contributed by atoms with Crippen LogP contribution in [-0.2, 0) is 19.5 Å². The molecule has 0 saturated heterocycles. The van der Waals surface area contributed by atoms with Gasteiger partial charge in [0.25, 0.3) is 0 Å². The summed E-state index contributed by atoms with van der Waals surface area (Å²) >= 11 is 0. The molecule has 2 N–H and O–H groups in total. The maximum atomic E-state index is 5.49. The lowest BCUT2D eigenvalue weighted by Crippen LogP contribution is -2.01. The summed E-state index contributed by atoms with van der Waals surface area (Å²) < 4.78 is 6.85. The van der Waals surface area contributed by atoms with E-state index in [-0.39, 0.29) is 0 Å². The van der Waals surface area contributed by atoms with Crippen molar-refractivity contribution in [3.8, 4) is 11.5 Å². The number of pyridine rings is 1. The summed E-state index contributed by atoms with van der Waals surface area (Å²) in [7, 11) is 0. The van der Waals surface area contributed by atoms with Crippen LogP contribution >= 0.6 is 0 Å². The number of aryl methyl sites for hydroxylation is 1. The fraction of sp³-hybridized carbons (Fsp3) is 0.308. The molecule has 0 radical (unpaired) electrons. The third-order valence-corrected chi connectivity index (χ3v) is 3.04. The summed E-state index contributed by atoms with van der Waals surface area (Å²) in [6.07, 6.45) is 4.33. The molecule has 0 bridgehead atoms. The SMILES string of the molecule is CCc1cccnc1-c1noc(Cn2cc(CN)nn2)n1. The van der Waals surface area contributed by atoms with E-state index in [1.807, 2.05) is 12.1 Å². The van der Waals surface area contributed by atoms with Crippen molar-refractivity contribution >= 4 is 0 Å². The molecule has 0 aromatic carbocycles. The second kappa shape index (κ2) is 5.80. The first-order chi connectivity index (χ1) is 10.3. The maximum absolute atomic E-state index is 5.49. The van der Waals surface area contributed by atoms with E-state index in [0.717, 1.165) is 17.7 Å². The van der Waals surface area contributed by atoms with Gasteiger partial charge in [0.15, 0.2) is 0 Å². The number of aromatic nitrogens is 6. The van der Waals surface area contributed by atoms with Gasteiger partial charge < -0.3 is 10.3 Å². The first kappa shape index (κ1) is 13.4. The number of hydrogen-bond acceptors (Lipinski definition) is 7. The van der Waals surface area contributed by atoms with Gasteiger partial charge >= 0.3 is 0 Å². The lowest BCUT2D eigenvalue weighted by molar-refractivity contribution is 0.364. The summed E-state index contributed by atoms with van der Waals surface area (Å²) in [5.41, 5.74) is 8.03. The fourth-order valence-electron chi connectivity index (χ4n) is 1.99. The minimum absolute atomic E-state index is 0.350. The minimum Gasteiger partial charge on any atom is -0.337 e. The monoisotopic (exact) mass is 285 g/mol. The van der Waals surface area contributed by atoms with E-state index in [2.05, 4.69) is 32.4 Å². The van der Waals surface area contributed by atoms with Crippen molar-refractivity contribution in [1.29, 1.82) is 0 Å². The van der Waals surface area contributed by atoms with Gasteiger partial charge in [-0.2, -0.15) is 4.98 Å². The van der Waals surface area contributed by atoms with Gasteiger partial charge in [-0.15, -0.1) is 5.10 Å². The van der Waals surface area contributed by atoms with Crippen molar-refractivity contribution in [2.75, 3.05) is 0 Å². The van der Waals surface area contributed by atoms with Crippen LogP contribution < -0.4 is 5.73 Å². The zero-order valence-electron chi connectivity index (χ0n) is 11.6. The van der Waals surface area contributed by atoms with E-state index in [1.165, 1.54) is 0 Å². The zero-order chi connectivity index (χ0) is 14.7. The van der Waals surface area contributed by atoms with Crippen molar-refractivity contribution in [3.05, 3.63) is 41.7 Å². The van der Waals surface area contributed by atoms with Crippen molar-refractivity contribution < 1.29 is 4.52 Å². The molecule has 0 atom stereocenters. The van der Waals surface area contributed by atoms with Gasteiger partial charge in [-0.1, -0.05) is 23.4 Å². The third kappa shape index (κ3) is 2.79. The number of rotatable bonds is 5. The highest BCUT2D eigenvalue weighted by molar-refractivity contribution is 5.53. The normalized spacial score (nSPS) is 11.0. The molecule has 108 valence electrons. The molecule has 3 rings (SSSR count). The van der Waals surface area contributed by atoms with Gasteiger partial charge in [-0.3, -0.25) is 4.98 Å². The van der Waals surface area contributed by atoms with Gasteiger partial charge in [0.2, 0.25) is 11.7 Å². The molecule has 0 aliphatic rings. The molecule has 0 aliphatic heterocycles. The predicted molar refractivity (Wildman–Crippen MR) is 73.9 cm³/mol. The highest BCUT2D eigenvalue weighted by atomic mass is 16.5. The molecule has 0 fully saturated rings. The van der Waals surface area contributed by atoms with E-state index < -0.39 is 0 Å². The molecule has 21 heavy (non-hydrogen) atoms. The Kier molecular flexibility index (Phi) is 3.69. The van der Waals surface area contributed by atoms with E-state index in [4.69, 9.17) is 10.3 Å². The summed E-state index contributed by atoms with van der Waals surface area (Å²) in [6, 6.07) is 3.90. The third-order valence-electron chi connectivity index (χ3n) is 3.04. The van der Waals surface area contributed by atoms with Crippen LogP contribution in [0.2, 0.25) is 0 Å². The molecule has 3 heterocycles. The molecular weight excluding hydrogens is 270 g/mol.